The van der Waals surface area contributed by atoms with E-state index in [1.54, 1.807) is 20.4 Å². The lowest BCUT2D eigenvalue weighted by molar-refractivity contribution is -0.120. The molecule has 0 aliphatic carbocycles. The average molecular weight is 253 g/mol. The molecule has 0 radical (unpaired) electrons. The summed E-state index contributed by atoms with van der Waals surface area (Å²) < 4.78 is 9.85. The first-order chi connectivity index (χ1) is 8.76. The van der Waals surface area contributed by atoms with E-state index in [-0.39, 0.29) is 12.5 Å². The molecule has 1 heterocycles. The van der Waals surface area contributed by atoms with Gasteiger partial charge < -0.3 is 20.1 Å². The molecule has 1 amide bonds. The maximum absolute atomic E-state index is 11.4. The van der Waals surface area contributed by atoms with E-state index in [4.69, 9.17) is 9.47 Å². The molecule has 1 rings (SSSR count). The predicted octanol–water partition coefficient (Wildman–Crippen LogP) is -0.0576. The fraction of sp³-hybridized carbons (Fsp3) is 0.500. The Hall–Kier alpha value is -1.66. The van der Waals surface area contributed by atoms with Gasteiger partial charge in [-0.1, -0.05) is 0 Å². The number of ether oxygens (including phenoxy) is 2. The van der Waals surface area contributed by atoms with Gasteiger partial charge in [0.25, 0.3) is 0 Å². The Balaban J connectivity index is 2.22. The molecule has 0 aliphatic heterocycles. The molecule has 0 saturated carbocycles. The summed E-state index contributed by atoms with van der Waals surface area (Å²) in [4.78, 5) is 15.4. The first-order valence-corrected chi connectivity index (χ1v) is 5.71. The van der Waals surface area contributed by atoms with Gasteiger partial charge in [-0.2, -0.15) is 0 Å². The first-order valence-electron chi connectivity index (χ1n) is 5.71. The Morgan fingerprint density at radius 1 is 1.44 bits per heavy atom. The van der Waals surface area contributed by atoms with Crippen molar-refractivity contribution in [3.63, 3.8) is 0 Å². The highest BCUT2D eigenvalue weighted by Gasteiger charge is 2.01. The van der Waals surface area contributed by atoms with Gasteiger partial charge >= 0.3 is 0 Å². The largest absolute Gasteiger partial charge is 0.481 e. The molecule has 0 bridgehead atoms. The average Bonchev–Trinajstić information content (AvgIpc) is 2.39. The maximum atomic E-state index is 11.4. The van der Waals surface area contributed by atoms with Crippen molar-refractivity contribution in [2.45, 2.75) is 6.54 Å². The van der Waals surface area contributed by atoms with Crippen molar-refractivity contribution in [3.05, 3.63) is 23.9 Å². The van der Waals surface area contributed by atoms with Crippen molar-refractivity contribution in [1.82, 2.24) is 15.6 Å². The molecule has 2 N–H and O–H groups in total. The molecule has 0 saturated heterocycles. The summed E-state index contributed by atoms with van der Waals surface area (Å²) in [5.74, 6) is 0.520. The van der Waals surface area contributed by atoms with E-state index in [9.17, 15) is 4.79 Å². The summed E-state index contributed by atoms with van der Waals surface area (Å²) in [7, 11) is 3.17. The molecule has 0 aliphatic rings. The fourth-order valence-electron chi connectivity index (χ4n) is 1.35. The van der Waals surface area contributed by atoms with E-state index in [1.165, 1.54) is 0 Å². The molecule has 0 spiro atoms. The Kier molecular flexibility index (Phi) is 6.75. The lowest BCUT2D eigenvalue weighted by Gasteiger charge is -2.07. The second-order valence-electron chi connectivity index (χ2n) is 3.65. The molecule has 6 heteroatoms. The van der Waals surface area contributed by atoms with Crippen molar-refractivity contribution < 1.29 is 14.3 Å². The van der Waals surface area contributed by atoms with Crippen LogP contribution in [0.1, 0.15) is 5.56 Å². The quantitative estimate of drug-likeness (QED) is 0.635. The van der Waals surface area contributed by atoms with Crippen LogP contribution in [0, 0.1) is 0 Å². The molecular weight excluding hydrogens is 234 g/mol. The summed E-state index contributed by atoms with van der Waals surface area (Å²) in [6.07, 6.45) is 1.68. The molecule has 1 aromatic rings. The number of hydrogen-bond acceptors (Lipinski definition) is 5. The van der Waals surface area contributed by atoms with E-state index >= 15 is 0 Å². The number of aromatic nitrogens is 1. The fourth-order valence-corrected chi connectivity index (χ4v) is 1.35. The zero-order valence-corrected chi connectivity index (χ0v) is 10.7. The van der Waals surface area contributed by atoms with Crippen molar-refractivity contribution in [2.75, 3.05) is 33.9 Å². The Morgan fingerprint density at radius 3 is 3.00 bits per heavy atom. The van der Waals surface area contributed by atoms with Crippen molar-refractivity contribution in [2.24, 2.45) is 0 Å². The second kappa shape index (κ2) is 8.43. The highest BCUT2D eigenvalue weighted by molar-refractivity contribution is 5.77. The number of methoxy groups -OCH3 is 2. The summed E-state index contributed by atoms with van der Waals surface area (Å²) >= 11 is 0. The zero-order chi connectivity index (χ0) is 13.2. The van der Waals surface area contributed by atoms with Crippen molar-refractivity contribution in [3.8, 4) is 5.88 Å². The van der Waals surface area contributed by atoms with Gasteiger partial charge in [-0.25, -0.2) is 4.98 Å². The van der Waals surface area contributed by atoms with E-state index in [2.05, 4.69) is 15.6 Å². The molecule has 0 aromatic carbocycles. The van der Waals surface area contributed by atoms with Crippen LogP contribution in [0.25, 0.3) is 0 Å². The summed E-state index contributed by atoms with van der Waals surface area (Å²) in [6, 6.07) is 3.70. The summed E-state index contributed by atoms with van der Waals surface area (Å²) in [5, 5.41) is 5.77. The number of pyridine rings is 1. The third-order valence-electron chi connectivity index (χ3n) is 2.25. The van der Waals surface area contributed by atoms with Crippen LogP contribution in [0.15, 0.2) is 18.3 Å². The summed E-state index contributed by atoms with van der Waals surface area (Å²) in [5.41, 5.74) is 1.02. The van der Waals surface area contributed by atoms with Crippen LogP contribution in [0.5, 0.6) is 5.88 Å². The minimum Gasteiger partial charge on any atom is -0.481 e. The van der Waals surface area contributed by atoms with Crippen LogP contribution < -0.4 is 15.4 Å². The minimum atomic E-state index is -0.0481. The molecule has 0 unspecified atom stereocenters. The van der Waals surface area contributed by atoms with Gasteiger partial charge in [-0.3, -0.25) is 4.79 Å². The standard InChI is InChI=1S/C12H19N3O3/c1-17-6-5-14-11(16)9-13-8-10-3-4-15-12(7-10)18-2/h3-4,7,13H,5-6,8-9H2,1-2H3,(H,14,16). The van der Waals surface area contributed by atoms with Crippen LogP contribution in [0.4, 0.5) is 0 Å². The van der Waals surface area contributed by atoms with E-state index in [1.807, 2.05) is 12.1 Å². The molecule has 18 heavy (non-hydrogen) atoms. The zero-order valence-electron chi connectivity index (χ0n) is 10.7. The van der Waals surface area contributed by atoms with Crippen molar-refractivity contribution >= 4 is 5.91 Å². The molecule has 100 valence electrons. The van der Waals surface area contributed by atoms with Gasteiger partial charge in [-0.15, -0.1) is 0 Å². The Morgan fingerprint density at radius 2 is 2.28 bits per heavy atom. The summed E-state index contributed by atoms with van der Waals surface area (Å²) in [6.45, 7) is 1.91. The number of amides is 1. The number of hydrogen-bond donors (Lipinski definition) is 2. The Bertz CT molecular complexity index is 371. The maximum Gasteiger partial charge on any atom is 0.234 e. The topological polar surface area (TPSA) is 72.5 Å². The Labute approximate surface area is 107 Å². The third kappa shape index (κ3) is 5.60. The monoisotopic (exact) mass is 253 g/mol. The van der Waals surface area contributed by atoms with Crippen LogP contribution in [0.3, 0.4) is 0 Å². The van der Waals surface area contributed by atoms with E-state index in [0.717, 1.165) is 5.56 Å². The van der Waals surface area contributed by atoms with Crippen LogP contribution in [-0.4, -0.2) is 44.8 Å². The second-order valence-corrected chi connectivity index (χ2v) is 3.65. The van der Waals surface area contributed by atoms with Crippen molar-refractivity contribution in [1.29, 1.82) is 0 Å². The van der Waals surface area contributed by atoms with Gasteiger partial charge in [0, 0.05) is 32.5 Å². The highest BCUT2D eigenvalue weighted by atomic mass is 16.5. The van der Waals surface area contributed by atoms with E-state index in [0.29, 0.717) is 25.6 Å². The number of rotatable bonds is 8. The molecule has 0 fully saturated rings. The predicted molar refractivity (Wildman–Crippen MR) is 67.4 cm³/mol. The third-order valence-corrected chi connectivity index (χ3v) is 2.25. The number of nitrogens with one attached hydrogen (secondary N) is 2. The lowest BCUT2D eigenvalue weighted by Crippen LogP contribution is -2.35. The van der Waals surface area contributed by atoms with Gasteiger partial charge in [0.2, 0.25) is 11.8 Å². The SMILES string of the molecule is COCCNC(=O)CNCc1ccnc(OC)c1. The van der Waals surface area contributed by atoms with Gasteiger partial charge in [0.1, 0.15) is 0 Å². The minimum absolute atomic E-state index is 0.0481. The van der Waals surface area contributed by atoms with Crippen LogP contribution >= 0.6 is 0 Å². The van der Waals surface area contributed by atoms with Crippen LogP contribution in [-0.2, 0) is 16.1 Å². The molecule has 1 aromatic heterocycles. The molecular formula is C12H19N3O3. The molecule has 6 nitrogen and oxygen atoms in total. The van der Waals surface area contributed by atoms with Gasteiger partial charge in [0.05, 0.1) is 20.3 Å². The number of carbonyl (C=O) groups is 1. The lowest BCUT2D eigenvalue weighted by atomic mass is 10.2. The number of nitrogens with zero attached hydrogens (tertiary/aromatic N) is 1. The normalized spacial score (nSPS) is 10.1. The highest BCUT2D eigenvalue weighted by Crippen LogP contribution is 2.07. The van der Waals surface area contributed by atoms with Crippen LogP contribution in [0.2, 0.25) is 0 Å². The first kappa shape index (κ1) is 14.4. The van der Waals surface area contributed by atoms with Gasteiger partial charge in [0.15, 0.2) is 0 Å². The number of carbonyl (C=O) groups excluding carboxylic acids is 1. The van der Waals surface area contributed by atoms with Gasteiger partial charge in [-0.05, 0) is 11.6 Å². The smallest absolute Gasteiger partial charge is 0.234 e. The molecule has 0 atom stereocenters. The van der Waals surface area contributed by atoms with E-state index < -0.39 is 0 Å².